The second-order valence-corrected chi connectivity index (χ2v) is 5.91. The summed E-state index contributed by atoms with van der Waals surface area (Å²) in [4.78, 5) is 0. The van der Waals surface area contributed by atoms with Gasteiger partial charge in [-0.05, 0) is 43.8 Å². The van der Waals surface area contributed by atoms with Crippen molar-refractivity contribution in [2.75, 3.05) is 7.05 Å². The Hall–Kier alpha value is -0.930. The molecule has 0 saturated carbocycles. The Labute approximate surface area is 140 Å². The number of benzene rings is 2. The highest BCUT2D eigenvalue weighted by Gasteiger charge is 2.22. The van der Waals surface area contributed by atoms with Crippen molar-refractivity contribution in [3.8, 4) is 5.75 Å². The molecule has 0 heterocycles. The zero-order valence-electron chi connectivity index (χ0n) is 11.7. The summed E-state index contributed by atoms with van der Waals surface area (Å²) in [7, 11) is 1.86. The molecule has 2 nitrogen and oxygen atoms in total. The fourth-order valence-corrected chi connectivity index (χ4v) is 2.83. The summed E-state index contributed by atoms with van der Waals surface area (Å²) in [5, 5.41) is 4.93. The maximum Gasteiger partial charge on any atom is 0.121 e. The average molecular weight is 345 g/mol. The molecule has 0 bridgehead atoms. The van der Waals surface area contributed by atoms with E-state index in [1.807, 2.05) is 44.3 Å². The first-order chi connectivity index (χ1) is 10.0. The van der Waals surface area contributed by atoms with E-state index in [1.165, 1.54) is 0 Å². The van der Waals surface area contributed by atoms with Gasteiger partial charge in [-0.2, -0.15) is 0 Å². The van der Waals surface area contributed by atoms with Crippen LogP contribution in [-0.2, 0) is 0 Å². The Morgan fingerprint density at radius 2 is 1.76 bits per heavy atom. The third-order valence-electron chi connectivity index (χ3n) is 3.22. The van der Waals surface area contributed by atoms with E-state index in [4.69, 9.17) is 39.5 Å². The number of hydrogen-bond acceptors (Lipinski definition) is 2. The Kier molecular flexibility index (Phi) is 5.77. The molecule has 0 spiro atoms. The van der Waals surface area contributed by atoms with Crippen molar-refractivity contribution in [1.29, 1.82) is 0 Å². The fourth-order valence-electron chi connectivity index (χ4n) is 2.23. The topological polar surface area (TPSA) is 21.3 Å². The minimum atomic E-state index is -0.149. The molecule has 112 valence electrons. The molecular formula is C16H16Cl3NO. The molecule has 0 aromatic heterocycles. The molecule has 2 unspecified atom stereocenters. The van der Waals surface area contributed by atoms with Crippen molar-refractivity contribution in [2.45, 2.75) is 19.1 Å². The number of rotatable bonds is 5. The van der Waals surface area contributed by atoms with Crippen molar-refractivity contribution in [3.05, 3.63) is 63.1 Å². The van der Waals surface area contributed by atoms with Crippen molar-refractivity contribution in [1.82, 2.24) is 5.32 Å². The fraction of sp³-hybridized carbons (Fsp3) is 0.250. The second-order valence-electron chi connectivity index (χ2n) is 4.69. The van der Waals surface area contributed by atoms with Gasteiger partial charge in [0.25, 0.3) is 0 Å². The van der Waals surface area contributed by atoms with Gasteiger partial charge in [-0.25, -0.2) is 0 Å². The molecule has 21 heavy (non-hydrogen) atoms. The van der Waals surface area contributed by atoms with Crippen LogP contribution >= 0.6 is 34.8 Å². The van der Waals surface area contributed by atoms with E-state index in [-0.39, 0.29) is 12.1 Å². The predicted molar refractivity (Wildman–Crippen MR) is 89.8 cm³/mol. The van der Waals surface area contributed by atoms with E-state index >= 15 is 0 Å². The summed E-state index contributed by atoms with van der Waals surface area (Å²) in [5.41, 5.74) is 0.904. The monoisotopic (exact) mass is 343 g/mol. The maximum absolute atomic E-state index is 6.29. The van der Waals surface area contributed by atoms with Gasteiger partial charge in [0.05, 0.1) is 16.1 Å². The highest BCUT2D eigenvalue weighted by molar-refractivity contribution is 6.42. The van der Waals surface area contributed by atoms with E-state index in [9.17, 15) is 0 Å². The van der Waals surface area contributed by atoms with Gasteiger partial charge in [0.1, 0.15) is 11.9 Å². The van der Waals surface area contributed by atoms with E-state index in [1.54, 1.807) is 12.1 Å². The van der Waals surface area contributed by atoms with Crippen LogP contribution in [0.3, 0.4) is 0 Å². The van der Waals surface area contributed by atoms with Crippen LogP contribution in [0.25, 0.3) is 0 Å². The molecule has 0 aliphatic rings. The van der Waals surface area contributed by atoms with Gasteiger partial charge in [0.15, 0.2) is 0 Å². The first-order valence-electron chi connectivity index (χ1n) is 6.56. The Morgan fingerprint density at radius 3 is 2.43 bits per heavy atom. The lowest BCUT2D eigenvalue weighted by Crippen LogP contribution is -2.31. The van der Waals surface area contributed by atoms with Crippen LogP contribution < -0.4 is 10.1 Å². The van der Waals surface area contributed by atoms with Gasteiger partial charge in [-0.15, -0.1) is 0 Å². The summed E-state index contributed by atoms with van der Waals surface area (Å²) < 4.78 is 5.95. The molecule has 2 rings (SSSR count). The van der Waals surface area contributed by atoms with Crippen LogP contribution in [0.15, 0.2) is 42.5 Å². The van der Waals surface area contributed by atoms with Crippen LogP contribution in [0.2, 0.25) is 15.1 Å². The van der Waals surface area contributed by atoms with Crippen LogP contribution in [0.4, 0.5) is 0 Å². The molecule has 1 N–H and O–H groups in total. The normalized spacial score (nSPS) is 13.8. The summed E-state index contributed by atoms with van der Waals surface area (Å²) >= 11 is 18.3. The number of likely N-dealkylation sites (N-methyl/N-ethyl adjacent to an activating group) is 1. The highest BCUT2D eigenvalue weighted by atomic mass is 35.5. The average Bonchev–Trinajstić information content (AvgIpc) is 2.44. The lowest BCUT2D eigenvalue weighted by atomic mass is 10.0. The van der Waals surface area contributed by atoms with Gasteiger partial charge in [0, 0.05) is 5.02 Å². The minimum absolute atomic E-state index is 0.0878. The standard InChI is InChI=1S/C16H16Cl3NO/c1-10(21-12-6-3-5-11(17)9-12)16(20-2)13-7-4-8-14(18)15(13)19/h3-10,16,20H,1-2H3. The Bertz CT molecular complexity index is 618. The van der Waals surface area contributed by atoms with E-state index in [0.29, 0.717) is 20.8 Å². The lowest BCUT2D eigenvalue weighted by molar-refractivity contribution is 0.175. The largest absolute Gasteiger partial charge is 0.489 e. The summed E-state index contributed by atoms with van der Waals surface area (Å²) in [6, 6.07) is 12.8. The Balaban J connectivity index is 2.22. The molecule has 2 atom stereocenters. The highest BCUT2D eigenvalue weighted by Crippen LogP contribution is 2.32. The van der Waals surface area contributed by atoms with Crippen LogP contribution in [0, 0.1) is 0 Å². The number of ether oxygens (including phenoxy) is 1. The zero-order valence-corrected chi connectivity index (χ0v) is 14.0. The van der Waals surface area contributed by atoms with Gasteiger partial charge in [-0.3, -0.25) is 0 Å². The van der Waals surface area contributed by atoms with Gasteiger partial charge < -0.3 is 10.1 Å². The zero-order chi connectivity index (χ0) is 15.4. The summed E-state index contributed by atoms with van der Waals surface area (Å²) in [5.74, 6) is 0.716. The van der Waals surface area contributed by atoms with Gasteiger partial charge in [0.2, 0.25) is 0 Å². The molecule has 0 amide bonds. The second kappa shape index (κ2) is 7.37. The molecular weight excluding hydrogens is 329 g/mol. The quantitative estimate of drug-likeness (QED) is 0.786. The van der Waals surface area contributed by atoms with Crippen LogP contribution in [0.1, 0.15) is 18.5 Å². The minimum Gasteiger partial charge on any atom is -0.489 e. The van der Waals surface area contributed by atoms with E-state index in [0.717, 1.165) is 5.56 Å². The molecule has 2 aromatic carbocycles. The molecule has 0 radical (unpaired) electrons. The molecule has 2 aromatic rings. The summed E-state index contributed by atoms with van der Waals surface area (Å²) in [6.07, 6.45) is -0.149. The number of nitrogens with one attached hydrogen (secondary N) is 1. The summed E-state index contributed by atoms with van der Waals surface area (Å²) in [6.45, 7) is 1.97. The van der Waals surface area contributed by atoms with Crippen molar-refractivity contribution >= 4 is 34.8 Å². The third kappa shape index (κ3) is 4.04. The smallest absolute Gasteiger partial charge is 0.121 e. The lowest BCUT2D eigenvalue weighted by Gasteiger charge is -2.26. The first kappa shape index (κ1) is 16.4. The van der Waals surface area contributed by atoms with Gasteiger partial charge >= 0.3 is 0 Å². The molecule has 0 aliphatic heterocycles. The van der Waals surface area contributed by atoms with E-state index < -0.39 is 0 Å². The maximum atomic E-state index is 6.29. The van der Waals surface area contributed by atoms with Crippen LogP contribution in [0.5, 0.6) is 5.75 Å². The van der Waals surface area contributed by atoms with Crippen molar-refractivity contribution in [3.63, 3.8) is 0 Å². The van der Waals surface area contributed by atoms with Gasteiger partial charge in [-0.1, -0.05) is 53.0 Å². The third-order valence-corrected chi connectivity index (χ3v) is 4.28. The predicted octanol–water partition coefficient (Wildman–Crippen LogP) is 5.37. The van der Waals surface area contributed by atoms with Crippen molar-refractivity contribution in [2.24, 2.45) is 0 Å². The van der Waals surface area contributed by atoms with E-state index in [2.05, 4.69) is 5.32 Å². The molecule has 5 heteroatoms. The molecule has 0 saturated heterocycles. The SMILES string of the molecule is CNC(c1cccc(Cl)c1Cl)C(C)Oc1cccc(Cl)c1. The number of hydrogen-bond donors (Lipinski definition) is 1. The number of halogens is 3. The van der Waals surface area contributed by atoms with Crippen molar-refractivity contribution < 1.29 is 4.74 Å². The molecule has 0 aliphatic carbocycles. The van der Waals surface area contributed by atoms with Crippen LogP contribution in [-0.4, -0.2) is 13.2 Å². The first-order valence-corrected chi connectivity index (χ1v) is 7.69. The Morgan fingerprint density at radius 1 is 1.05 bits per heavy atom. The molecule has 0 fully saturated rings.